The van der Waals surface area contributed by atoms with Gasteiger partial charge in [0.25, 0.3) is 0 Å². The van der Waals surface area contributed by atoms with E-state index in [2.05, 4.69) is 23.7 Å². The number of fused-ring (bicyclic) bond motifs is 1. The molecule has 90 valence electrons. The Balaban J connectivity index is 1.75. The van der Waals surface area contributed by atoms with Crippen LogP contribution in [-0.4, -0.2) is 6.54 Å². The molecule has 0 aliphatic carbocycles. The summed E-state index contributed by atoms with van der Waals surface area (Å²) in [5, 5.41) is 5.91. The molecule has 0 bridgehead atoms. The normalized spacial score (nSPS) is 19.7. The Morgan fingerprint density at radius 3 is 3.06 bits per heavy atom. The molecular formula is C14H23NS. The summed E-state index contributed by atoms with van der Waals surface area (Å²) in [6.45, 7) is 3.45. The topological polar surface area (TPSA) is 12.0 Å². The molecule has 1 nitrogen and oxygen atoms in total. The minimum Gasteiger partial charge on any atom is -0.309 e. The molecule has 0 amide bonds. The van der Waals surface area contributed by atoms with E-state index in [0.29, 0.717) is 6.04 Å². The van der Waals surface area contributed by atoms with Crippen molar-refractivity contribution in [3.63, 3.8) is 0 Å². The van der Waals surface area contributed by atoms with Crippen molar-refractivity contribution in [1.29, 1.82) is 0 Å². The Bertz CT molecular complexity index is 305. The molecule has 0 saturated heterocycles. The Kier molecular flexibility index (Phi) is 4.86. The van der Waals surface area contributed by atoms with Gasteiger partial charge in [0.1, 0.15) is 0 Å². The first-order valence-corrected chi connectivity index (χ1v) is 7.59. The summed E-state index contributed by atoms with van der Waals surface area (Å²) in [6, 6.07) is 2.97. The van der Waals surface area contributed by atoms with Crippen LogP contribution >= 0.6 is 11.3 Å². The molecule has 0 fully saturated rings. The summed E-state index contributed by atoms with van der Waals surface area (Å²) in [7, 11) is 0. The monoisotopic (exact) mass is 237 g/mol. The van der Waals surface area contributed by atoms with Crippen LogP contribution in [0, 0.1) is 0 Å². The Labute approximate surface area is 103 Å². The molecule has 2 heteroatoms. The number of unbranched alkanes of at least 4 members (excludes halogenated alkanes) is 4. The highest BCUT2D eigenvalue weighted by Gasteiger charge is 2.19. The Morgan fingerprint density at radius 1 is 1.31 bits per heavy atom. The quantitative estimate of drug-likeness (QED) is 0.728. The minimum atomic E-state index is 0.658. The molecule has 2 rings (SSSR count). The van der Waals surface area contributed by atoms with Gasteiger partial charge in [-0.3, -0.25) is 0 Å². The number of hydrogen-bond donors (Lipinski definition) is 1. The first-order valence-electron chi connectivity index (χ1n) is 6.71. The van der Waals surface area contributed by atoms with Crippen molar-refractivity contribution < 1.29 is 0 Å². The molecule has 1 aromatic heterocycles. The largest absolute Gasteiger partial charge is 0.309 e. The van der Waals surface area contributed by atoms with Crippen LogP contribution in [0.15, 0.2) is 11.4 Å². The molecular weight excluding hydrogens is 214 g/mol. The lowest BCUT2D eigenvalue weighted by Crippen LogP contribution is -2.28. The zero-order valence-electron chi connectivity index (χ0n) is 10.3. The van der Waals surface area contributed by atoms with Crippen LogP contribution in [0.5, 0.6) is 0 Å². The van der Waals surface area contributed by atoms with Gasteiger partial charge in [-0.05, 0) is 36.4 Å². The molecule has 1 atom stereocenters. The summed E-state index contributed by atoms with van der Waals surface area (Å²) in [5.41, 5.74) is 1.60. The smallest absolute Gasteiger partial charge is 0.0417 e. The predicted octanol–water partition coefficient (Wildman–Crippen LogP) is 4.30. The van der Waals surface area contributed by atoms with Gasteiger partial charge in [0.15, 0.2) is 0 Å². The van der Waals surface area contributed by atoms with Gasteiger partial charge in [-0.15, -0.1) is 11.3 Å². The van der Waals surface area contributed by atoms with Gasteiger partial charge in [-0.25, -0.2) is 0 Å². The number of hydrogen-bond acceptors (Lipinski definition) is 2. The van der Waals surface area contributed by atoms with E-state index >= 15 is 0 Å². The maximum atomic E-state index is 3.66. The first-order chi connectivity index (χ1) is 7.92. The second-order valence-electron chi connectivity index (χ2n) is 4.77. The van der Waals surface area contributed by atoms with Crippen molar-refractivity contribution in [2.24, 2.45) is 0 Å². The summed E-state index contributed by atoms with van der Waals surface area (Å²) < 4.78 is 0. The fourth-order valence-corrected chi connectivity index (χ4v) is 3.58. The van der Waals surface area contributed by atoms with Gasteiger partial charge in [-0.2, -0.15) is 0 Å². The van der Waals surface area contributed by atoms with Gasteiger partial charge in [0.2, 0.25) is 0 Å². The van der Waals surface area contributed by atoms with Gasteiger partial charge in [-0.1, -0.05) is 39.0 Å². The minimum absolute atomic E-state index is 0.658. The third kappa shape index (κ3) is 3.08. The maximum absolute atomic E-state index is 3.66. The van der Waals surface area contributed by atoms with Crippen LogP contribution in [0.1, 0.15) is 61.9 Å². The lowest BCUT2D eigenvalue weighted by Gasteiger charge is -2.24. The van der Waals surface area contributed by atoms with E-state index in [1.165, 1.54) is 51.5 Å². The molecule has 1 aromatic rings. The van der Waals surface area contributed by atoms with E-state index < -0.39 is 0 Å². The number of nitrogens with one attached hydrogen (secondary N) is 1. The van der Waals surface area contributed by atoms with E-state index in [4.69, 9.17) is 0 Å². The summed E-state index contributed by atoms with van der Waals surface area (Å²) >= 11 is 1.94. The van der Waals surface area contributed by atoms with Gasteiger partial charge in [0, 0.05) is 10.9 Å². The van der Waals surface area contributed by atoms with E-state index in [1.807, 2.05) is 11.3 Å². The van der Waals surface area contributed by atoms with Crippen molar-refractivity contribution in [2.45, 2.75) is 57.9 Å². The Hall–Kier alpha value is -0.340. The molecule has 0 spiro atoms. The highest BCUT2D eigenvalue weighted by molar-refractivity contribution is 7.10. The van der Waals surface area contributed by atoms with E-state index in [1.54, 1.807) is 10.4 Å². The molecule has 1 unspecified atom stereocenters. The van der Waals surface area contributed by atoms with Crippen LogP contribution in [0.25, 0.3) is 0 Å². The highest BCUT2D eigenvalue weighted by Crippen LogP contribution is 2.31. The van der Waals surface area contributed by atoms with Crippen molar-refractivity contribution in [3.8, 4) is 0 Å². The zero-order valence-corrected chi connectivity index (χ0v) is 11.1. The van der Waals surface area contributed by atoms with Crippen LogP contribution in [0.4, 0.5) is 0 Å². The van der Waals surface area contributed by atoms with Gasteiger partial charge >= 0.3 is 0 Å². The average molecular weight is 237 g/mol. The third-order valence-corrected chi connectivity index (χ3v) is 4.55. The number of rotatable bonds is 6. The molecule has 16 heavy (non-hydrogen) atoms. The highest BCUT2D eigenvalue weighted by atomic mass is 32.1. The van der Waals surface area contributed by atoms with Gasteiger partial charge < -0.3 is 5.32 Å². The Morgan fingerprint density at radius 2 is 2.19 bits per heavy atom. The molecule has 1 aliphatic heterocycles. The van der Waals surface area contributed by atoms with Crippen LogP contribution in [-0.2, 0) is 6.42 Å². The van der Waals surface area contributed by atoms with E-state index in [-0.39, 0.29) is 0 Å². The van der Waals surface area contributed by atoms with E-state index in [0.717, 1.165) is 0 Å². The molecule has 0 saturated carbocycles. The predicted molar refractivity (Wildman–Crippen MR) is 72.1 cm³/mol. The van der Waals surface area contributed by atoms with E-state index in [9.17, 15) is 0 Å². The van der Waals surface area contributed by atoms with Crippen molar-refractivity contribution >= 4 is 11.3 Å². The summed E-state index contributed by atoms with van der Waals surface area (Å²) in [6.07, 6.45) is 9.52. The second kappa shape index (κ2) is 6.41. The van der Waals surface area contributed by atoms with Crippen LogP contribution in [0.3, 0.4) is 0 Å². The molecule has 0 aromatic carbocycles. The standard InChI is InChI=1S/C14H23NS/c1-2-3-4-5-6-7-13-14-12(8-10-15-13)9-11-16-14/h9,11,13,15H,2-8,10H2,1H3. The third-order valence-electron chi connectivity index (χ3n) is 3.48. The van der Waals surface area contributed by atoms with Crippen LogP contribution < -0.4 is 5.32 Å². The molecule has 2 heterocycles. The SMILES string of the molecule is CCCCCCCC1NCCc2ccsc21. The molecule has 1 aliphatic rings. The second-order valence-corrected chi connectivity index (χ2v) is 5.72. The van der Waals surface area contributed by atoms with Crippen LogP contribution in [0.2, 0.25) is 0 Å². The molecule has 0 radical (unpaired) electrons. The first kappa shape index (κ1) is 12.1. The zero-order chi connectivity index (χ0) is 11.2. The lowest BCUT2D eigenvalue weighted by molar-refractivity contribution is 0.457. The summed E-state index contributed by atoms with van der Waals surface area (Å²) in [5.74, 6) is 0. The summed E-state index contributed by atoms with van der Waals surface area (Å²) in [4.78, 5) is 1.61. The number of thiophene rings is 1. The maximum Gasteiger partial charge on any atom is 0.0417 e. The fourth-order valence-electron chi connectivity index (χ4n) is 2.52. The van der Waals surface area contributed by atoms with Crippen molar-refractivity contribution in [2.75, 3.05) is 6.54 Å². The molecule has 1 N–H and O–H groups in total. The average Bonchev–Trinajstić information content (AvgIpc) is 2.77. The van der Waals surface area contributed by atoms with Crippen molar-refractivity contribution in [3.05, 3.63) is 21.9 Å². The van der Waals surface area contributed by atoms with Crippen molar-refractivity contribution in [1.82, 2.24) is 5.32 Å². The lowest BCUT2D eigenvalue weighted by atomic mass is 9.99. The van der Waals surface area contributed by atoms with Gasteiger partial charge in [0.05, 0.1) is 0 Å². The fraction of sp³-hybridized carbons (Fsp3) is 0.714.